The van der Waals surface area contributed by atoms with E-state index in [-0.39, 0.29) is 6.03 Å². The average molecular weight is 242 g/mol. The third-order valence-corrected chi connectivity index (χ3v) is 4.12. The van der Waals surface area contributed by atoms with Crippen LogP contribution in [0, 0.1) is 5.92 Å². The van der Waals surface area contributed by atoms with Crippen LogP contribution < -0.4 is 5.73 Å². The van der Waals surface area contributed by atoms with Crippen LogP contribution in [0.15, 0.2) is 30.3 Å². The first kappa shape index (κ1) is 11.3. The van der Waals surface area contributed by atoms with E-state index in [1.165, 1.54) is 16.7 Å². The van der Waals surface area contributed by atoms with Gasteiger partial charge in [-0.25, -0.2) is 4.79 Å². The van der Waals surface area contributed by atoms with Gasteiger partial charge in [0.2, 0.25) is 0 Å². The maximum atomic E-state index is 11.1. The first-order valence-corrected chi connectivity index (χ1v) is 6.58. The number of piperidine rings is 1. The van der Waals surface area contributed by atoms with Crippen molar-refractivity contribution in [1.29, 1.82) is 0 Å². The summed E-state index contributed by atoms with van der Waals surface area (Å²) < 4.78 is 0. The summed E-state index contributed by atoms with van der Waals surface area (Å²) in [6.45, 7) is 1.58. The molecule has 0 aromatic heterocycles. The zero-order valence-corrected chi connectivity index (χ0v) is 10.4. The van der Waals surface area contributed by atoms with Crippen molar-refractivity contribution in [3.8, 4) is 0 Å². The molecule has 94 valence electrons. The fourth-order valence-corrected chi connectivity index (χ4v) is 3.11. The molecule has 0 atom stereocenters. The number of allylic oxidation sites excluding steroid dienone is 2. The van der Waals surface area contributed by atoms with Gasteiger partial charge in [0.25, 0.3) is 0 Å². The van der Waals surface area contributed by atoms with Gasteiger partial charge in [0, 0.05) is 13.1 Å². The van der Waals surface area contributed by atoms with E-state index in [4.69, 9.17) is 5.73 Å². The van der Waals surface area contributed by atoms with Gasteiger partial charge < -0.3 is 10.6 Å². The Labute approximate surface area is 107 Å². The lowest BCUT2D eigenvalue weighted by Gasteiger charge is -2.31. The molecule has 3 heteroatoms. The molecule has 0 saturated carbocycles. The molecule has 1 fully saturated rings. The quantitative estimate of drug-likeness (QED) is 0.807. The van der Waals surface area contributed by atoms with Crippen LogP contribution in [0.5, 0.6) is 0 Å². The van der Waals surface area contributed by atoms with Crippen LogP contribution in [-0.2, 0) is 6.42 Å². The average Bonchev–Trinajstić information content (AvgIpc) is 2.82. The molecule has 3 rings (SSSR count). The second-order valence-corrected chi connectivity index (χ2v) is 5.12. The highest BCUT2D eigenvalue weighted by Gasteiger charge is 2.27. The van der Waals surface area contributed by atoms with Crippen LogP contribution in [0.2, 0.25) is 0 Å². The minimum Gasteiger partial charge on any atom is -0.351 e. The molecule has 1 saturated heterocycles. The molecule has 2 N–H and O–H groups in total. The van der Waals surface area contributed by atoms with Crippen LogP contribution >= 0.6 is 0 Å². The summed E-state index contributed by atoms with van der Waals surface area (Å²) in [5, 5.41) is 0. The van der Waals surface area contributed by atoms with Gasteiger partial charge in [0.05, 0.1) is 0 Å². The Morgan fingerprint density at radius 2 is 1.94 bits per heavy atom. The predicted molar refractivity (Wildman–Crippen MR) is 72.0 cm³/mol. The number of primary amides is 1. The molecular weight excluding hydrogens is 224 g/mol. The van der Waals surface area contributed by atoms with Crippen molar-refractivity contribution in [3.05, 3.63) is 41.5 Å². The second-order valence-electron chi connectivity index (χ2n) is 5.12. The Hall–Kier alpha value is -1.77. The number of amides is 2. The molecule has 0 unspecified atom stereocenters. The lowest BCUT2D eigenvalue weighted by molar-refractivity contribution is 0.188. The van der Waals surface area contributed by atoms with E-state index in [2.05, 4.69) is 30.3 Å². The Bertz CT molecular complexity index is 499. The maximum Gasteiger partial charge on any atom is 0.314 e. The fraction of sp³-hybridized carbons (Fsp3) is 0.400. The highest BCUT2D eigenvalue weighted by molar-refractivity contribution is 5.75. The minimum atomic E-state index is -0.283. The normalized spacial score (nSPS) is 19.6. The van der Waals surface area contributed by atoms with Crippen molar-refractivity contribution in [2.75, 3.05) is 13.1 Å². The van der Waals surface area contributed by atoms with Crippen molar-refractivity contribution in [3.63, 3.8) is 0 Å². The molecule has 3 nitrogen and oxygen atoms in total. The van der Waals surface area contributed by atoms with Crippen molar-refractivity contribution in [2.24, 2.45) is 11.7 Å². The molecule has 1 aliphatic heterocycles. The molecule has 1 aromatic rings. The van der Waals surface area contributed by atoms with Crippen molar-refractivity contribution in [1.82, 2.24) is 4.90 Å². The summed E-state index contributed by atoms with van der Waals surface area (Å²) in [5.41, 5.74) is 9.64. The van der Waals surface area contributed by atoms with Gasteiger partial charge in [-0.05, 0) is 41.9 Å². The number of urea groups is 1. The molecule has 1 aliphatic carbocycles. The van der Waals surface area contributed by atoms with E-state index in [9.17, 15) is 4.79 Å². The monoisotopic (exact) mass is 242 g/mol. The Morgan fingerprint density at radius 1 is 1.22 bits per heavy atom. The van der Waals surface area contributed by atoms with Gasteiger partial charge >= 0.3 is 6.03 Å². The summed E-state index contributed by atoms with van der Waals surface area (Å²) in [7, 11) is 0. The topological polar surface area (TPSA) is 46.3 Å². The van der Waals surface area contributed by atoms with Crippen LogP contribution in [0.3, 0.4) is 0 Å². The van der Waals surface area contributed by atoms with Gasteiger partial charge in [-0.3, -0.25) is 0 Å². The summed E-state index contributed by atoms with van der Waals surface area (Å²) >= 11 is 0. The van der Waals surface area contributed by atoms with E-state index in [1.54, 1.807) is 4.90 Å². The molecule has 0 bridgehead atoms. The first-order valence-electron chi connectivity index (χ1n) is 6.58. The third-order valence-electron chi connectivity index (χ3n) is 4.12. The first-order chi connectivity index (χ1) is 8.75. The largest absolute Gasteiger partial charge is 0.351 e. The summed E-state index contributed by atoms with van der Waals surface area (Å²) in [4.78, 5) is 12.9. The van der Waals surface area contributed by atoms with E-state index in [0.717, 1.165) is 32.4 Å². The zero-order valence-electron chi connectivity index (χ0n) is 10.4. The number of carbonyl (C=O) groups is 1. The Kier molecular flexibility index (Phi) is 2.82. The number of nitrogens with zero attached hydrogens (tertiary/aromatic N) is 1. The number of hydrogen-bond donors (Lipinski definition) is 1. The zero-order chi connectivity index (χ0) is 12.5. The van der Waals surface area contributed by atoms with Crippen LogP contribution in [-0.4, -0.2) is 24.0 Å². The molecule has 0 spiro atoms. The van der Waals surface area contributed by atoms with Crippen LogP contribution in [0.1, 0.15) is 24.0 Å². The van der Waals surface area contributed by atoms with E-state index < -0.39 is 0 Å². The standard InChI is InChI=1S/C15H18N2O/c16-15(18)17-9-7-12(8-10-17)14-6-5-11-3-1-2-4-13(11)14/h1-4,6,12H,5,7-10H2,(H2,16,18). The van der Waals surface area contributed by atoms with Gasteiger partial charge in [-0.15, -0.1) is 0 Å². The summed E-state index contributed by atoms with van der Waals surface area (Å²) in [6.07, 6.45) is 5.48. The van der Waals surface area contributed by atoms with Crippen molar-refractivity contribution >= 4 is 11.6 Å². The predicted octanol–water partition coefficient (Wildman–Crippen LogP) is 2.42. The highest BCUT2D eigenvalue weighted by Crippen LogP contribution is 2.37. The molecular formula is C15H18N2O. The van der Waals surface area contributed by atoms with Crippen molar-refractivity contribution < 1.29 is 4.79 Å². The number of carbonyl (C=O) groups excluding carboxylic acids is 1. The third kappa shape index (κ3) is 1.90. The van der Waals surface area contributed by atoms with Gasteiger partial charge in [-0.2, -0.15) is 0 Å². The van der Waals surface area contributed by atoms with Gasteiger partial charge in [0.15, 0.2) is 0 Å². The second kappa shape index (κ2) is 4.48. The lowest BCUT2D eigenvalue weighted by Crippen LogP contribution is -2.41. The van der Waals surface area contributed by atoms with Crippen LogP contribution in [0.25, 0.3) is 5.57 Å². The van der Waals surface area contributed by atoms with Crippen molar-refractivity contribution in [2.45, 2.75) is 19.3 Å². The number of rotatable bonds is 1. The van der Waals surface area contributed by atoms with E-state index >= 15 is 0 Å². The Balaban J connectivity index is 1.73. The number of likely N-dealkylation sites (tertiary alicyclic amines) is 1. The highest BCUT2D eigenvalue weighted by atomic mass is 16.2. The molecule has 1 aromatic carbocycles. The number of fused-ring (bicyclic) bond motifs is 1. The smallest absolute Gasteiger partial charge is 0.314 e. The number of nitrogens with two attached hydrogens (primary N) is 1. The molecule has 0 radical (unpaired) electrons. The minimum absolute atomic E-state index is 0.283. The maximum absolute atomic E-state index is 11.1. The SMILES string of the molecule is NC(=O)N1CCC(C2=CCc3ccccc32)CC1. The Morgan fingerprint density at radius 3 is 2.67 bits per heavy atom. The molecule has 18 heavy (non-hydrogen) atoms. The van der Waals surface area contributed by atoms with Gasteiger partial charge in [-0.1, -0.05) is 30.3 Å². The molecule has 2 aliphatic rings. The number of benzene rings is 1. The lowest BCUT2D eigenvalue weighted by atomic mass is 9.86. The van der Waals surface area contributed by atoms with E-state index in [0.29, 0.717) is 5.92 Å². The summed E-state index contributed by atoms with van der Waals surface area (Å²) in [5.74, 6) is 0.587. The van der Waals surface area contributed by atoms with Crippen LogP contribution in [0.4, 0.5) is 4.79 Å². The van der Waals surface area contributed by atoms with Gasteiger partial charge in [0.1, 0.15) is 0 Å². The molecule has 2 amide bonds. The van der Waals surface area contributed by atoms with E-state index in [1.807, 2.05) is 0 Å². The number of hydrogen-bond acceptors (Lipinski definition) is 1. The summed E-state index contributed by atoms with van der Waals surface area (Å²) in [6, 6.07) is 8.35. The molecule has 1 heterocycles. The fourth-order valence-electron chi connectivity index (χ4n) is 3.11.